The van der Waals surface area contributed by atoms with Crippen LogP contribution in [0.2, 0.25) is 0 Å². The number of carbonyl (C=O) groups is 1. The van der Waals surface area contributed by atoms with Crippen molar-refractivity contribution in [2.24, 2.45) is 0 Å². The van der Waals surface area contributed by atoms with E-state index in [4.69, 9.17) is 0 Å². The number of hydrogen-bond acceptors (Lipinski definition) is 3. The number of hydrogen-bond donors (Lipinski definition) is 2. The Labute approximate surface area is 150 Å². The topological polar surface area (TPSA) is 75.6 Å². The largest absolute Gasteiger partial charge is 0.358 e. The van der Waals surface area contributed by atoms with Crippen molar-refractivity contribution in [3.63, 3.8) is 0 Å². The Balaban J connectivity index is 1.62. The van der Waals surface area contributed by atoms with Crippen LogP contribution in [0.1, 0.15) is 17.1 Å². The standard InChI is InChI=1S/C20H19N5O/c1-13-16(15-6-3-4-7-17(15)23-13)12-19(26)24-18-8-5-9-22-20(18)25-11-10-21-14(25)2/h3-11,23H,12H2,1-2H3,(H,24,26). The van der Waals surface area contributed by atoms with Crippen molar-refractivity contribution >= 4 is 22.5 Å². The lowest BCUT2D eigenvalue weighted by molar-refractivity contribution is -0.115. The molecule has 0 saturated carbocycles. The van der Waals surface area contributed by atoms with E-state index in [2.05, 4.69) is 20.3 Å². The molecule has 3 heterocycles. The summed E-state index contributed by atoms with van der Waals surface area (Å²) in [5.41, 5.74) is 3.74. The quantitative estimate of drug-likeness (QED) is 0.594. The summed E-state index contributed by atoms with van der Waals surface area (Å²) in [4.78, 5) is 24.7. The van der Waals surface area contributed by atoms with Gasteiger partial charge in [0.1, 0.15) is 5.82 Å². The van der Waals surface area contributed by atoms with E-state index in [1.165, 1.54) is 0 Å². The average molecular weight is 345 g/mol. The number of aromatic nitrogens is 4. The van der Waals surface area contributed by atoms with E-state index >= 15 is 0 Å². The molecule has 1 aromatic carbocycles. The van der Waals surface area contributed by atoms with E-state index in [1.54, 1.807) is 12.4 Å². The number of aryl methyl sites for hydroxylation is 2. The number of carbonyl (C=O) groups excluding carboxylic acids is 1. The third-order valence-electron chi connectivity index (χ3n) is 4.48. The van der Waals surface area contributed by atoms with Crippen LogP contribution in [-0.2, 0) is 11.2 Å². The van der Waals surface area contributed by atoms with Crippen molar-refractivity contribution in [2.75, 3.05) is 5.32 Å². The van der Waals surface area contributed by atoms with Gasteiger partial charge in [-0.05, 0) is 37.6 Å². The second-order valence-electron chi connectivity index (χ2n) is 6.22. The highest BCUT2D eigenvalue weighted by atomic mass is 16.1. The Hall–Kier alpha value is -3.41. The van der Waals surface area contributed by atoms with Gasteiger partial charge in [0.05, 0.1) is 12.1 Å². The maximum absolute atomic E-state index is 12.7. The Bertz CT molecular complexity index is 1090. The molecule has 0 aliphatic carbocycles. The summed E-state index contributed by atoms with van der Waals surface area (Å²) >= 11 is 0. The van der Waals surface area contributed by atoms with E-state index in [1.807, 2.05) is 61.0 Å². The zero-order valence-electron chi connectivity index (χ0n) is 14.7. The van der Waals surface area contributed by atoms with E-state index < -0.39 is 0 Å². The van der Waals surface area contributed by atoms with Crippen LogP contribution in [0.3, 0.4) is 0 Å². The zero-order chi connectivity index (χ0) is 18.1. The second-order valence-corrected chi connectivity index (χ2v) is 6.22. The van der Waals surface area contributed by atoms with E-state index in [9.17, 15) is 4.79 Å². The van der Waals surface area contributed by atoms with Crippen LogP contribution in [0.5, 0.6) is 0 Å². The molecule has 1 amide bonds. The number of imidazole rings is 1. The van der Waals surface area contributed by atoms with Crippen LogP contribution in [0.4, 0.5) is 5.69 Å². The van der Waals surface area contributed by atoms with Crippen molar-refractivity contribution in [1.82, 2.24) is 19.5 Å². The molecule has 3 aromatic heterocycles. The SMILES string of the molecule is Cc1[nH]c2ccccc2c1CC(=O)Nc1cccnc1-n1ccnc1C. The number of nitrogens with one attached hydrogen (secondary N) is 2. The van der Waals surface area contributed by atoms with Gasteiger partial charge in [0.25, 0.3) is 0 Å². The first-order chi connectivity index (χ1) is 12.6. The number of amides is 1. The molecule has 0 aliphatic rings. The fourth-order valence-electron chi connectivity index (χ4n) is 3.21. The molecule has 130 valence electrons. The molecule has 6 heteroatoms. The van der Waals surface area contributed by atoms with Gasteiger partial charge in [0.15, 0.2) is 5.82 Å². The summed E-state index contributed by atoms with van der Waals surface area (Å²) in [5.74, 6) is 1.39. The Morgan fingerprint density at radius 2 is 1.96 bits per heavy atom. The number of rotatable bonds is 4. The lowest BCUT2D eigenvalue weighted by Gasteiger charge is -2.12. The molecule has 0 fully saturated rings. The van der Waals surface area contributed by atoms with Gasteiger partial charge in [-0.15, -0.1) is 0 Å². The van der Waals surface area contributed by atoms with Crippen molar-refractivity contribution in [3.8, 4) is 5.82 Å². The van der Waals surface area contributed by atoms with Gasteiger partial charge < -0.3 is 10.3 Å². The molecule has 4 aromatic rings. The fraction of sp³-hybridized carbons (Fsp3) is 0.150. The molecule has 0 saturated heterocycles. The molecule has 2 N–H and O–H groups in total. The van der Waals surface area contributed by atoms with E-state index in [-0.39, 0.29) is 5.91 Å². The lowest BCUT2D eigenvalue weighted by atomic mass is 10.1. The maximum atomic E-state index is 12.7. The summed E-state index contributed by atoms with van der Waals surface area (Å²) < 4.78 is 1.85. The van der Waals surface area contributed by atoms with Crippen molar-refractivity contribution in [2.45, 2.75) is 20.3 Å². The summed E-state index contributed by atoms with van der Waals surface area (Å²) in [6.45, 7) is 3.89. The number of benzene rings is 1. The third-order valence-corrected chi connectivity index (χ3v) is 4.48. The van der Waals surface area contributed by atoms with Gasteiger partial charge in [-0.1, -0.05) is 18.2 Å². The third kappa shape index (κ3) is 2.86. The minimum atomic E-state index is -0.0788. The maximum Gasteiger partial charge on any atom is 0.228 e. The number of pyridine rings is 1. The number of nitrogens with zero attached hydrogens (tertiary/aromatic N) is 3. The fourth-order valence-corrected chi connectivity index (χ4v) is 3.21. The first-order valence-electron chi connectivity index (χ1n) is 8.45. The molecule has 0 bridgehead atoms. The predicted octanol–water partition coefficient (Wildman–Crippen LogP) is 3.55. The van der Waals surface area contributed by atoms with Crippen LogP contribution in [0.15, 0.2) is 55.0 Å². The highest BCUT2D eigenvalue weighted by molar-refractivity contribution is 5.97. The number of fused-ring (bicyclic) bond motifs is 1. The molecule has 4 rings (SSSR count). The Morgan fingerprint density at radius 3 is 2.77 bits per heavy atom. The Morgan fingerprint density at radius 1 is 1.12 bits per heavy atom. The summed E-state index contributed by atoms with van der Waals surface area (Å²) in [7, 11) is 0. The van der Waals surface area contributed by atoms with Gasteiger partial charge in [-0.2, -0.15) is 0 Å². The predicted molar refractivity (Wildman–Crippen MR) is 101 cm³/mol. The van der Waals surface area contributed by atoms with Crippen LogP contribution in [0, 0.1) is 13.8 Å². The van der Waals surface area contributed by atoms with Gasteiger partial charge >= 0.3 is 0 Å². The molecule has 0 spiro atoms. The molecule has 6 nitrogen and oxygen atoms in total. The minimum Gasteiger partial charge on any atom is -0.358 e. The number of anilines is 1. The molecule has 0 unspecified atom stereocenters. The van der Waals surface area contributed by atoms with Crippen LogP contribution in [-0.4, -0.2) is 25.4 Å². The first kappa shape index (κ1) is 16.1. The zero-order valence-corrected chi connectivity index (χ0v) is 14.7. The van der Waals surface area contributed by atoms with Gasteiger partial charge in [-0.25, -0.2) is 9.97 Å². The number of aromatic amines is 1. The van der Waals surface area contributed by atoms with Crippen LogP contribution < -0.4 is 5.32 Å². The van der Waals surface area contributed by atoms with Crippen LogP contribution in [0.25, 0.3) is 16.7 Å². The van der Waals surface area contributed by atoms with Crippen LogP contribution >= 0.6 is 0 Å². The molecule has 26 heavy (non-hydrogen) atoms. The van der Waals surface area contributed by atoms with Crippen molar-refractivity contribution in [1.29, 1.82) is 0 Å². The van der Waals surface area contributed by atoms with Crippen molar-refractivity contribution < 1.29 is 4.79 Å². The van der Waals surface area contributed by atoms with Gasteiger partial charge in [-0.3, -0.25) is 9.36 Å². The molecule has 0 aliphatic heterocycles. The number of H-pyrrole nitrogens is 1. The average Bonchev–Trinajstić information content (AvgIpc) is 3.19. The smallest absolute Gasteiger partial charge is 0.228 e. The van der Waals surface area contributed by atoms with E-state index in [0.29, 0.717) is 17.9 Å². The summed E-state index contributed by atoms with van der Waals surface area (Å²) in [5, 5.41) is 4.07. The second kappa shape index (κ2) is 6.48. The molecule has 0 atom stereocenters. The first-order valence-corrected chi connectivity index (χ1v) is 8.45. The van der Waals surface area contributed by atoms with Gasteiger partial charge in [0, 0.05) is 35.2 Å². The summed E-state index contributed by atoms with van der Waals surface area (Å²) in [6.07, 6.45) is 5.55. The lowest BCUT2D eigenvalue weighted by Crippen LogP contribution is -2.17. The normalized spacial score (nSPS) is 11.0. The van der Waals surface area contributed by atoms with E-state index in [0.717, 1.165) is 28.0 Å². The minimum absolute atomic E-state index is 0.0788. The highest BCUT2D eigenvalue weighted by Crippen LogP contribution is 2.23. The molecule has 0 radical (unpaired) electrons. The highest BCUT2D eigenvalue weighted by Gasteiger charge is 2.15. The van der Waals surface area contributed by atoms with Gasteiger partial charge in [0.2, 0.25) is 5.91 Å². The Kier molecular flexibility index (Phi) is 4.01. The monoisotopic (exact) mass is 345 g/mol. The number of para-hydroxylation sites is 1. The molecular formula is C20H19N5O. The van der Waals surface area contributed by atoms with Crippen molar-refractivity contribution in [3.05, 3.63) is 72.1 Å². The summed E-state index contributed by atoms with van der Waals surface area (Å²) in [6, 6.07) is 11.7. The molecular weight excluding hydrogens is 326 g/mol.